The SMILES string of the molecule is C=C(C(C)=O)C1=CCC[C@@H]2C[C@@H](O[Si](C)(C)C(C)(C)C)CC[C@]12C. The number of hydrogen-bond acceptors (Lipinski definition) is 2. The van der Waals surface area contributed by atoms with Gasteiger partial charge in [-0.1, -0.05) is 40.3 Å². The summed E-state index contributed by atoms with van der Waals surface area (Å²) in [5, 5.41) is 0.258. The number of carbonyl (C=O) groups excluding carboxylic acids is 1. The fourth-order valence-corrected chi connectivity index (χ4v) is 5.57. The van der Waals surface area contributed by atoms with Gasteiger partial charge in [0.25, 0.3) is 0 Å². The van der Waals surface area contributed by atoms with Gasteiger partial charge >= 0.3 is 0 Å². The van der Waals surface area contributed by atoms with Crippen molar-refractivity contribution >= 4 is 14.1 Å². The molecule has 0 unspecified atom stereocenters. The van der Waals surface area contributed by atoms with E-state index in [4.69, 9.17) is 4.43 Å². The molecule has 0 spiro atoms. The summed E-state index contributed by atoms with van der Waals surface area (Å²) in [6, 6.07) is 0. The van der Waals surface area contributed by atoms with Crippen molar-refractivity contribution in [3.8, 4) is 0 Å². The van der Waals surface area contributed by atoms with Crippen LogP contribution in [0.25, 0.3) is 0 Å². The van der Waals surface area contributed by atoms with E-state index < -0.39 is 8.32 Å². The average molecular weight is 349 g/mol. The van der Waals surface area contributed by atoms with E-state index in [0.29, 0.717) is 12.0 Å². The Morgan fingerprint density at radius 1 is 1.33 bits per heavy atom. The Labute approximate surface area is 149 Å². The standard InChI is InChI=1S/C21H36O2Si/c1-15(16(2)22)19-11-9-10-17-14-18(12-13-21(17,19)6)23-24(7,8)20(3,4)5/h11,17-18H,1,9-10,12-14H2,2-8H3/t17-,18+,21+/m1/s1. The number of fused-ring (bicyclic) bond motifs is 1. The summed E-state index contributed by atoms with van der Waals surface area (Å²) in [7, 11) is -1.72. The van der Waals surface area contributed by atoms with Crippen LogP contribution in [0.5, 0.6) is 0 Å². The molecule has 0 aromatic rings. The minimum Gasteiger partial charge on any atom is -0.414 e. The number of hydrogen-bond donors (Lipinski definition) is 0. The third-order valence-corrected chi connectivity index (χ3v) is 11.5. The third-order valence-electron chi connectivity index (χ3n) is 6.93. The molecule has 2 rings (SSSR count). The molecule has 3 atom stereocenters. The van der Waals surface area contributed by atoms with Gasteiger partial charge in [0.1, 0.15) is 0 Å². The summed E-state index contributed by atoms with van der Waals surface area (Å²) in [6.45, 7) is 19.7. The Kier molecular flexibility index (Phi) is 5.38. The average Bonchev–Trinajstić information content (AvgIpc) is 2.44. The maximum Gasteiger partial charge on any atom is 0.192 e. The summed E-state index contributed by atoms with van der Waals surface area (Å²) in [6.07, 6.45) is 8.27. The maximum atomic E-state index is 11.9. The van der Waals surface area contributed by atoms with Crippen molar-refractivity contribution in [2.75, 3.05) is 0 Å². The molecule has 0 saturated heterocycles. The summed E-state index contributed by atoms with van der Waals surface area (Å²) in [5.41, 5.74) is 2.05. The van der Waals surface area contributed by atoms with Gasteiger partial charge in [0.05, 0.1) is 0 Å². The Hall–Kier alpha value is -0.673. The lowest BCUT2D eigenvalue weighted by atomic mass is 9.57. The van der Waals surface area contributed by atoms with Gasteiger partial charge in [-0.05, 0) is 74.1 Å². The molecule has 2 aliphatic carbocycles. The summed E-state index contributed by atoms with van der Waals surface area (Å²) in [5.74, 6) is 0.722. The Morgan fingerprint density at radius 2 is 1.96 bits per heavy atom. The van der Waals surface area contributed by atoms with E-state index in [-0.39, 0.29) is 16.2 Å². The Bertz CT molecular complexity index is 553. The van der Waals surface area contributed by atoms with Crippen LogP contribution in [-0.2, 0) is 9.22 Å². The zero-order chi connectivity index (χ0) is 18.3. The van der Waals surface area contributed by atoms with Crippen LogP contribution in [0.2, 0.25) is 18.1 Å². The highest BCUT2D eigenvalue weighted by Gasteiger charge is 2.47. The number of carbonyl (C=O) groups is 1. The van der Waals surface area contributed by atoms with Crippen molar-refractivity contribution in [1.82, 2.24) is 0 Å². The largest absolute Gasteiger partial charge is 0.414 e. The van der Waals surface area contributed by atoms with Crippen LogP contribution in [-0.4, -0.2) is 20.2 Å². The molecule has 3 heteroatoms. The Balaban J connectivity index is 2.15. The van der Waals surface area contributed by atoms with Gasteiger partial charge in [0, 0.05) is 11.7 Å². The van der Waals surface area contributed by atoms with Crippen LogP contribution in [0, 0.1) is 11.3 Å². The second-order valence-electron chi connectivity index (χ2n) is 9.62. The van der Waals surface area contributed by atoms with Crippen molar-refractivity contribution in [3.63, 3.8) is 0 Å². The van der Waals surface area contributed by atoms with Gasteiger partial charge in [-0.3, -0.25) is 4.79 Å². The first kappa shape index (κ1) is 19.6. The lowest BCUT2D eigenvalue weighted by Crippen LogP contribution is -2.48. The zero-order valence-corrected chi connectivity index (χ0v) is 17.8. The monoisotopic (exact) mass is 348 g/mol. The first-order valence-electron chi connectivity index (χ1n) is 9.47. The molecule has 2 nitrogen and oxygen atoms in total. The highest BCUT2D eigenvalue weighted by molar-refractivity contribution is 6.74. The fraction of sp³-hybridized carbons (Fsp3) is 0.762. The van der Waals surface area contributed by atoms with Crippen LogP contribution >= 0.6 is 0 Å². The number of allylic oxidation sites excluding steroid dienone is 3. The van der Waals surface area contributed by atoms with Crippen molar-refractivity contribution in [1.29, 1.82) is 0 Å². The fourth-order valence-electron chi connectivity index (χ4n) is 4.17. The van der Waals surface area contributed by atoms with Crippen molar-refractivity contribution in [2.24, 2.45) is 11.3 Å². The van der Waals surface area contributed by atoms with E-state index in [1.54, 1.807) is 6.92 Å². The number of ketones is 1. The van der Waals surface area contributed by atoms with Crippen LogP contribution in [0.1, 0.15) is 66.7 Å². The van der Waals surface area contributed by atoms with E-state index >= 15 is 0 Å². The van der Waals surface area contributed by atoms with E-state index in [9.17, 15) is 4.79 Å². The summed E-state index contributed by atoms with van der Waals surface area (Å²) >= 11 is 0. The van der Waals surface area contributed by atoms with E-state index in [1.807, 2.05) is 0 Å². The van der Waals surface area contributed by atoms with Gasteiger partial charge in [0.2, 0.25) is 0 Å². The summed E-state index contributed by atoms with van der Waals surface area (Å²) < 4.78 is 6.71. The molecule has 0 aromatic carbocycles. The lowest BCUT2D eigenvalue weighted by Gasteiger charge is -2.50. The Morgan fingerprint density at radius 3 is 2.50 bits per heavy atom. The molecule has 24 heavy (non-hydrogen) atoms. The molecule has 0 bridgehead atoms. The van der Waals surface area contributed by atoms with Gasteiger partial charge in [-0.25, -0.2) is 0 Å². The van der Waals surface area contributed by atoms with E-state index in [1.165, 1.54) is 12.0 Å². The van der Waals surface area contributed by atoms with Crippen LogP contribution in [0.3, 0.4) is 0 Å². The van der Waals surface area contributed by atoms with Crippen molar-refractivity contribution < 1.29 is 9.22 Å². The van der Waals surface area contributed by atoms with Crippen molar-refractivity contribution in [3.05, 3.63) is 23.8 Å². The quantitative estimate of drug-likeness (QED) is 0.457. The number of rotatable bonds is 4. The first-order chi connectivity index (χ1) is 10.9. The molecular formula is C21H36O2Si. The van der Waals surface area contributed by atoms with Crippen LogP contribution in [0.15, 0.2) is 23.8 Å². The highest BCUT2D eigenvalue weighted by Crippen LogP contribution is 2.54. The molecule has 2 aliphatic rings. The first-order valence-corrected chi connectivity index (χ1v) is 12.4. The maximum absolute atomic E-state index is 11.9. The molecular weight excluding hydrogens is 312 g/mol. The van der Waals surface area contributed by atoms with E-state index in [0.717, 1.165) is 31.3 Å². The molecule has 0 aromatic heterocycles. The molecule has 136 valence electrons. The highest BCUT2D eigenvalue weighted by atomic mass is 28.4. The van der Waals surface area contributed by atoms with E-state index in [2.05, 4.69) is 53.4 Å². The zero-order valence-electron chi connectivity index (χ0n) is 16.8. The second-order valence-corrected chi connectivity index (χ2v) is 14.4. The predicted molar refractivity (Wildman–Crippen MR) is 105 cm³/mol. The molecule has 0 heterocycles. The molecule has 1 saturated carbocycles. The molecule has 1 fully saturated rings. The molecule has 0 radical (unpaired) electrons. The van der Waals surface area contributed by atoms with Gasteiger partial charge in [-0.2, -0.15) is 0 Å². The number of Topliss-reactive ketones (excluding diaryl/α,β-unsaturated/α-hetero) is 1. The second kappa shape index (κ2) is 6.57. The topological polar surface area (TPSA) is 26.3 Å². The summed E-state index contributed by atoms with van der Waals surface area (Å²) in [4.78, 5) is 11.9. The smallest absolute Gasteiger partial charge is 0.192 e. The molecule has 0 aliphatic heterocycles. The van der Waals surface area contributed by atoms with Crippen LogP contribution in [0.4, 0.5) is 0 Å². The predicted octanol–water partition coefficient (Wildman–Crippen LogP) is 6.05. The molecule has 0 N–H and O–H groups in total. The minimum atomic E-state index is -1.72. The van der Waals surface area contributed by atoms with Crippen molar-refractivity contribution in [2.45, 2.75) is 91.0 Å². The normalized spacial score (nSPS) is 31.2. The van der Waals surface area contributed by atoms with Gasteiger partial charge in [-0.15, -0.1) is 0 Å². The lowest BCUT2D eigenvalue weighted by molar-refractivity contribution is -0.113. The third kappa shape index (κ3) is 3.62. The minimum absolute atomic E-state index is 0.105. The van der Waals surface area contributed by atoms with Crippen LogP contribution < -0.4 is 0 Å². The molecule has 0 amide bonds. The van der Waals surface area contributed by atoms with Gasteiger partial charge in [0.15, 0.2) is 14.1 Å². The van der Waals surface area contributed by atoms with Gasteiger partial charge < -0.3 is 4.43 Å².